The number of aromatic nitrogens is 2. The summed E-state index contributed by atoms with van der Waals surface area (Å²) in [5, 5.41) is 5.87. The molecule has 8 nitrogen and oxygen atoms in total. The Morgan fingerprint density at radius 2 is 2.07 bits per heavy atom. The maximum Gasteiger partial charge on any atom is 0.273 e. The third-order valence-electron chi connectivity index (χ3n) is 5.43. The third-order valence-corrected chi connectivity index (χ3v) is 5.43. The van der Waals surface area contributed by atoms with Crippen LogP contribution in [0.4, 0.5) is 0 Å². The van der Waals surface area contributed by atoms with Gasteiger partial charge in [0.05, 0.1) is 12.9 Å². The van der Waals surface area contributed by atoms with E-state index in [2.05, 4.69) is 29.5 Å². The van der Waals surface area contributed by atoms with Gasteiger partial charge in [0, 0.05) is 19.1 Å². The standard InChI is InChI=1S/C20H31N5O3/c1-5-10-25-18(27)16-15(17(26)23-14-6-7-14)22-12-24(16)11-20(25,4)19(28)21-9-8-13(2)3/h12-14H,5-11H2,1-4H3,(H,21,28)(H,23,26). The van der Waals surface area contributed by atoms with Crippen LogP contribution in [0.1, 0.15) is 74.4 Å². The topological polar surface area (TPSA) is 96.3 Å². The normalized spacial score (nSPS) is 21.6. The van der Waals surface area contributed by atoms with Crippen LogP contribution in [-0.2, 0) is 11.3 Å². The van der Waals surface area contributed by atoms with Crippen LogP contribution < -0.4 is 10.6 Å². The van der Waals surface area contributed by atoms with Gasteiger partial charge in [0.25, 0.3) is 11.8 Å². The molecule has 1 aliphatic heterocycles. The number of amides is 3. The Kier molecular flexibility index (Phi) is 5.76. The molecule has 2 N–H and O–H groups in total. The Labute approximate surface area is 166 Å². The van der Waals surface area contributed by atoms with Crippen LogP contribution in [0, 0.1) is 5.92 Å². The van der Waals surface area contributed by atoms with E-state index < -0.39 is 5.54 Å². The fourth-order valence-electron chi connectivity index (χ4n) is 3.57. The number of carbonyl (C=O) groups is 3. The van der Waals surface area contributed by atoms with Crippen molar-refractivity contribution in [2.24, 2.45) is 5.92 Å². The fourth-order valence-corrected chi connectivity index (χ4v) is 3.57. The number of hydrogen-bond acceptors (Lipinski definition) is 4. The van der Waals surface area contributed by atoms with Crippen LogP contribution >= 0.6 is 0 Å². The monoisotopic (exact) mass is 389 g/mol. The molecule has 154 valence electrons. The zero-order valence-corrected chi connectivity index (χ0v) is 17.2. The Bertz CT molecular complexity index is 768. The van der Waals surface area contributed by atoms with E-state index in [1.165, 1.54) is 6.33 Å². The zero-order chi connectivity index (χ0) is 20.5. The van der Waals surface area contributed by atoms with Crippen LogP contribution in [0.2, 0.25) is 0 Å². The van der Waals surface area contributed by atoms with E-state index in [9.17, 15) is 14.4 Å². The second kappa shape index (κ2) is 7.93. The summed E-state index contributed by atoms with van der Waals surface area (Å²) < 4.78 is 1.65. The van der Waals surface area contributed by atoms with Gasteiger partial charge < -0.3 is 20.1 Å². The van der Waals surface area contributed by atoms with Gasteiger partial charge in [0.2, 0.25) is 5.91 Å². The van der Waals surface area contributed by atoms with Crippen molar-refractivity contribution in [1.29, 1.82) is 0 Å². The van der Waals surface area contributed by atoms with Crippen LogP contribution in [0.3, 0.4) is 0 Å². The summed E-state index contributed by atoms with van der Waals surface area (Å²) in [6.45, 7) is 9.27. The highest BCUT2D eigenvalue weighted by Gasteiger charge is 2.48. The van der Waals surface area contributed by atoms with Gasteiger partial charge in [0.1, 0.15) is 11.2 Å². The number of carbonyl (C=O) groups excluding carboxylic acids is 3. The summed E-state index contributed by atoms with van der Waals surface area (Å²) in [7, 11) is 0. The van der Waals surface area contributed by atoms with E-state index >= 15 is 0 Å². The quantitative estimate of drug-likeness (QED) is 0.705. The Hall–Kier alpha value is -2.38. The van der Waals surface area contributed by atoms with E-state index in [0.717, 1.165) is 25.7 Å². The number of fused-ring (bicyclic) bond motifs is 1. The van der Waals surface area contributed by atoms with Crippen molar-refractivity contribution in [2.75, 3.05) is 13.1 Å². The molecule has 1 aliphatic carbocycles. The summed E-state index contributed by atoms with van der Waals surface area (Å²) in [5.74, 6) is -0.307. The highest BCUT2D eigenvalue weighted by atomic mass is 16.2. The van der Waals surface area contributed by atoms with Crippen molar-refractivity contribution < 1.29 is 14.4 Å². The molecule has 28 heavy (non-hydrogen) atoms. The number of nitrogens with zero attached hydrogens (tertiary/aromatic N) is 3. The molecule has 1 unspecified atom stereocenters. The number of hydrogen-bond donors (Lipinski definition) is 2. The third kappa shape index (κ3) is 3.91. The Balaban J connectivity index is 1.86. The SMILES string of the molecule is CCCN1C(=O)c2c(C(=O)NC3CC3)ncn2CC1(C)C(=O)NCCC(C)C. The van der Waals surface area contributed by atoms with Gasteiger partial charge in [0.15, 0.2) is 5.69 Å². The van der Waals surface area contributed by atoms with E-state index in [0.29, 0.717) is 19.0 Å². The average Bonchev–Trinajstić information content (AvgIpc) is 3.34. The van der Waals surface area contributed by atoms with Crippen molar-refractivity contribution in [3.8, 4) is 0 Å². The lowest BCUT2D eigenvalue weighted by atomic mass is 9.93. The molecule has 2 heterocycles. The summed E-state index contributed by atoms with van der Waals surface area (Å²) in [6, 6.07) is 0.187. The van der Waals surface area contributed by atoms with Crippen molar-refractivity contribution in [3.63, 3.8) is 0 Å². The second-order valence-corrected chi connectivity index (χ2v) is 8.49. The zero-order valence-electron chi connectivity index (χ0n) is 17.2. The van der Waals surface area contributed by atoms with Gasteiger partial charge in [-0.05, 0) is 38.5 Å². The van der Waals surface area contributed by atoms with E-state index in [-0.39, 0.29) is 41.7 Å². The molecular formula is C20H31N5O3. The summed E-state index contributed by atoms with van der Waals surface area (Å²) in [4.78, 5) is 44.6. The Morgan fingerprint density at radius 1 is 1.36 bits per heavy atom. The van der Waals surface area contributed by atoms with Crippen molar-refractivity contribution in [1.82, 2.24) is 25.1 Å². The smallest absolute Gasteiger partial charge is 0.273 e. The summed E-state index contributed by atoms with van der Waals surface area (Å²) in [6.07, 6.45) is 5.03. The second-order valence-electron chi connectivity index (χ2n) is 8.49. The molecule has 3 amide bonds. The number of rotatable bonds is 8. The molecule has 0 spiro atoms. The predicted octanol–water partition coefficient (Wildman–Crippen LogP) is 1.56. The first kappa shape index (κ1) is 20.4. The van der Waals surface area contributed by atoms with Gasteiger partial charge in [-0.1, -0.05) is 20.8 Å². The molecule has 1 fully saturated rings. The molecule has 0 radical (unpaired) electrons. The minimum absolute atomic E-state index is 0.153. The van der Waals surface area contributed by atoms with Crippen LogP contribution in [0.25, 0.3) is 0 Å². The molecule has 3 rings (SSSR count). The molecule has 1 atom stereocenters. The van der Waals surface area contributed by atoms with Gasteiger partial charge in [-0.2, -0.15) is 0 Å². The molecule has 1 aromatic heterocycles. The van der Waals surface area contributed by atoms with Crippen molar-refractivity contribution in [2.45, 2.75) is 71.5 Å². The van der Waals surface area contributed by atoms with Crippen molar-refractivity contribution >= 4 is 17.7 Å². The summed E-state index contributed by atoms with van der Waals surface area (Å²) in [5.41, 5.74) is -0.582. The molecule has 2 aliphatic rings. The highest BCUT2D eigenvalue weighted by Crippen LogP contribution is 2.29. The average molecular weight is 390 g/mol. The maximum atomic E-state index is 13.3. The first-order chi connectivity index (χ1) is 13.3. The maximum absolute atomic E-state index is 13.3. The van der Waals surface area contributed by atoms with E-state index in [1.54, 1.807) is 16.4 Å². The van der Waals surface area contributed by atoms with Crippen LogP contribution in [-0.4, -0.2) is 56.8 Å². The molecule has 1 saturated carbocycles. The largest absolute Gasteiger partial charge is 0.354 e. The lowest BCUT2D eigenvalue weighted by Crippen LogP contribution is -2.64. The lowest BCUT2D eigenvalue weighted by Gasteiger charge is -2.43. The fraction of sp³-hybridized carbons (Fsp3) is 0.700. The molecule has 1 aromatic rings. The van der Waals surface area contributed by atoms with Gasteiger partial charge in [-0.15, -0.1) is 0 Å². The molecule has 0 aromatic carbocycles. The van der Waals surface area contributed by atoms with Crippen molar-refractivity contribution in [3.05, 3.63) is 17.7 Å². The van der Waals surface area contributed by atoms with Crippen LogP contribution in [0.5, 0.6) is 0 Å². The molecular weight excluding hydrogens is 358 g/mol. The minimum Gasteiger partial charge on any atom is -0.354 e. The highest BCUT2D eigenvalue weighted by molar-refractivity contribution is 6.07. The predicted molar refractivity (Wildman–Crippen MR) is 105 cm³/mol. The molecule has 8 heteroatoms. The first-order valence-electron chi connectivity index (χ1n) is 10.2. The molecule has 0 saturated heterocycles. The van der Waals surface area contributed by atoms with E-state index in [1.807, 2.05) is 6.92 Å². The van der Waals surface area contributed by atoms with Gasteiger partial charge in [-0.3, -0.25) is 14.4 Å². The molecule has 0 bridgehead atoms. The summed E-state index contributed by atoms with van der Waals surface area (Å²) >= 11 is 0. The number of nitrogens with one attached hydrogen (secondary N) is 2. The first-order valence-corrected chi connectivity index (χ1v) is 10.2. The Morgan fingerprint density at radius 3 is 2.68 bits per heavy atom. The lowest BCUT2D eigenvalue weighted by molar-refractivity contribution is -0.132. The van der Waals surface area contributed by atoms with Gasteiger partial charge in [-0.25, -0.2) is 4.98 Å². The minimum atomic E-state index is -1.01. The van der Waals surface area contributed by atoms with E-state index in [4.69, 9.17) is 0 Å². The van der Waals surface area contributed by atoms with Gasteiger partial charge >= 0.3 is 0 Å². The number of imidazole rings is 1. The van der Waals surface area contributed by atoms with Crippen LogP contribution in [0.15, 0.2) is 6.33 Å².